The number of aliphatic hydroxyl groups is 1. The number of alkyl carbamates (subject to hydrolysis) is 1. The Morgan fingerprint density at radius 3 is 2.69 bits per heavy atom. The molecule has 0 saturated carbocycles. The van der Waals surface area contributed by atoms with Gasteiger partial charge in [-0.1, -0.05) is 41.9 Å². The molecule has 1 unspecified atom stereocenters. The molecular formula is C21H27ClN2O5. The van der Waals surface area contributed by atoms with E-state index in [1.165, 1.54) is 5.56 Å². The summed E-state index contributed by atoms with van der Waals surface area (Å²) in [5.41, 5.74) is 1.18. The molecule has 8 heteroatoms. The average molecular weight is 423 g/mol. The molecule has 1 aliphatic rings. The molecule has 29 heavy (non-hydrogen) atoms. The number of carbonyl (C=O) groups is 1. The Morgan fingerprint density at radius 2 is 1.97 bits per heavy atom. The van der Waals surface area contributed by atoms with Crippen LogP contribution in [0.4, 0.5) is 4.79 Å². The van der Waals surface area contributed by atoms with Gasteiger partial charge in [-0.15, -0.1) is 0 Å². The quantitative estimate of drug-likeness (QED) is 0.447. The molecule has 7 nitrogen and oxygen atoms in total. The first-order chi connectivity index (χ1) is 14.1. The van der Waals surface area contributed by atoms with Gasteiger partial charge in [-0.05, 0) is 30.5 Å². The first-order valence-corrected chi connectivity index (χ1v) is 10.1. The van der Waals surface area contributed by atoms with Gasteiger partial charge in [0.25, 0.3) is 0 Å². The van der Waals surface area contributed by atoms with Gasteiger partial charge >= 0.3 is 6.09 Å². The molecule has 1 saturated heterocycles. The fourth-order valence-corrected chi connectivity index (χ4v) is 3.51. The van der Waals surface area contributed by atoms with E-state index in [4.69, 9.17) is 25.8 Å². The van der Waals surface area contributed by atoms with Gasteiger partial charge in [-0.3, -0.25) is 5.32 Å². The normalized spacial score (nSPS) is 20.4. The summed E-state index contributed by atoms with van der Waals surface area (Å²) in [6.07, 6.45) is -0.333. The lowest BCUT2D eigenvalue weighted by Crippen LogP contribution is -2.35. The van der Waals surface area contributed by atoms with Gasteiger partial charge in [-0.2, -0.15) is 0 Å². The molecule has 158 valence electrons. The molecule has 1 aliphatic heterocycles. The number of aliphatic hydroxyl groups excluding tert-OH is 1. The second-order valence-corrected chi connectivity index (χ2v) is 7.35. The highest BCUT2D eigenvalue weighted by atomic mass is 35.5. The van der Waals surface area contributed by atoms with Crippen LogP contribution in [-0.4, -0.2) is 57.1 Å². The molecule has 0 aromatic heterocycles. The van der Waals surface area contributed by atoms with E-state index >= 15 is 0 Å². The average Bonchev–Trinajstić information content (AvgIpc) is 2.76. The standard InChI is InChI=1S/C21H27ClN2O5/c1-23-19(25)13-29-21(26)24-10-4-7-20-27-11-14(12-28-20)15-8-9-18(22)17-6-3-2-5-16(15)17/h2-3,5-6,8-9,14,19-20,23,25H,4,7,10-13H2,1H3,(H,24,26). The predicted molar refractivity (Wildman–Crippen MR) is 111 cm³/mol. The second-order valence-electron chi connectivity index (χ2n) is 6.95. The van der Waals surface area contributed by atoms with Gasteiger partial charge in [0.05, 0.1) is 13.2 Å². The Morgan fingerprint density at radius 1 is 1.24 bits per heavy atom. The largest absolute Gasteiger partial charge is 0.445 e. The number of amides is 1. The van der Waals surface area contributed by atoms with Gasteiger partial charge in [-0.25, -0.2) is 4.79 Å². The Balaban J connectivity index is 1.40. The van der Waals surface area contributed by atoms with Crippen molar-refractivity contribution in [1.29, 1.82) is 0 Å². The second kappa shape index (κ2) is 10.8. The van der Waals surface area contributed by atoms with Crippen molar-refractivity contribution in [2.45, 2.75) is 31.3 Å². The highest BCUT2D eigenvalue weighted by molar-refractivity contribution is 6.35. The SMILES string of the molecule is CNC(O)COC(=O)NCCCC1OCC(c2ccc(Cl)c3ccccc23)CO1. The zero-order valence-electron chi connectivity index (χ0n) is 16.4. The van der Waals surface area contributed by atoms with E-state index in [-0.39, 0.29) is 18.8 Å². The number of likely N-dealkylation sites (N-methyl/N-ethyl adjacent to an activating group) is 1. The van der Waals surface area contributed by atoms with E-state index in [1.54, 1.807) is 7.05 Å². The Labute approximate surface area is 175 Å². The van der Waals surface area contributed by atoms with Crippen molar-refractivity contribution in [3.05, 3.63) is 47.0 Å². The molecule has 3 rings (SSSR count). The fraction of sp³-hybridized carbons (Fsp3) is 0.476. The van der Waals surface area contributed by atoms with Crippen LogP contribution in [-0.2, 0) is 14.2 Å². The van der Waals surface area contributed by atoms with Crippen LogP contribution in [0.3, 0.4) is 0 Å². The molecule has 1 atom stereocenters. The molecule has 1 heterocycles. The summed E-state index contributed by atoms with van der Waals surface area (Å²) in [6, 6.07) is 12.0. The number of benzene rings is 2. The molecule has 1 amide bonds. The monoisotopic (exact) mass is 422 g/mol. The minimum Gasteiger partial charge on any atom is -0.445 e. The van der Waals surface area contributed by atoms with Crippen LogP contribution in [0.2, 0.25) is 5.02 Å². The molecule has 2 aromatic rings. The Bertz CT molecular complexity index is 811. The van der Waals surface area contributed by atoms with Gasteiger partial charge in [0.2, 0.25) is 0 Å². The summed E-state index contributed by atoms with van der Waals surface area (Å²) < 4.78 is 16.6. The van der Waals surface area contributed by atoms with Crippen LogP contribution in [0, 0.1) is 0 Å². The van der Waals surface area contributed by atoms with Crippen molar-refractivity contribution in [2.24, 2.45) is 0 Å². The number of halogens is 1. The van der Waals surface area contributed by atoms with E-state index in [9.17, 15) is 9.90 Å². The number of hydrogen-bond acceptors (Lipinski definition) is 6. The number of carbonyl (C=O) groups excluding carboxylic acids is 1. The number of nitrogens with one attached hydrogen (secondary N) is 2. The molecule has 0 spiro atoms. The lowest BCUT2D eigenvalue weighted by atomic mass is 9.94. The Hall–Kier alpha value is -1.90. The first-order valence-electron chi connectivity index (χ1n) is 9.74. The van der Waals surface area contributed by atoms with Crippen molar-refractivity contribution in [2.75, 3.05) is 33.4 Å². The third-order valence-electron chi connectivity index (χ3n) is 4.90. The van der Waals surface area contributed by atoms with Crippen molar-refractivity contribution in [3.63, 3.8) is 0 Å². The molecule has 0 aliphatic carbocycles. The molecular weight excluding hydrogens is 396 g/mol. The maximum atomic E-state index is 11.5. The molecule has 0 radical (unpaired) electrons. The lowest BCUT2D eigenvalue weighted by Gasteiger charge is -2.30. The molecule has 1 fully saturated rings. The summed E-state index contributed by atoms with van der Waals surface area (Å²) in [6.45, 7) is 1.50. The van der Waals surface area contributed by atoms with Crippen molar-refractivity contribution >= 4 is 28.5 Å². The first kappa shape index (κ1) is 21.8. The van der Waals surface area contributed by atoms with Gasteiger partial charge in [0, 0.05) is 29.3 Å². The minimum absolute atomic E-state index is 0.0993. The van der Waals surface area contributed by atoms with E-state index in [0.717, 1.165) is 15.8 Å². The van der Waals surface area contributed by atoms with Crippen LogP contribution in [0.15, 0.2) is 36.4 Å². The summed E-state index contributed by atoms with van der Waals surface area (Å²) in [5.74, 6) is 0.153. The summed E-state index contributed by atoms with van der Waals surface area (Å²) in [7, 11) is 1.58. The van der Waals surface area contributed by atoms with Gasteiger partial charge in [0.15, 0.2) is 6.29 Å². The maximum absolute atomic E-state index is 11.5. The van der Waals surface area contributed by atoms with Crippen molar-refractivity contribution in [3.8, 4) is 0 Å². The van der Waals surface area contributed by atoms with Gasteiger partial charge < -0.3 is 24.6 Å². The lowest BCUT2D eigenvalue weighted by molar-refractivity contribution is -0.189. The minimum atomic E-state index is -0.865. The number of hydrogen-bond donors (Lipinski definition) is 3. The van der Waals surface area contributed by atoms with Crippen molar-refractivity contribution in [1.82, 2.24) is 10.6 Å². The van der Waals surface area contributed by atoms with E-state index < -0.39 is 12.3 Å². The third kappa shape index (κ3) is 6.04. The topological polar surface area (TPSA) is 89.0 Å². The maximum Gasteiger partial charge on any atom is 0.407 e. The summed E-state index contributed by atoms with van der Waals surface area (Å²) in [4.78, 5) is 11.5. The molecule has 2 aromatic carbocycles. The Kier molecular flexibility index (Phi) is 8.09. The fourth-order valence-electron chi connectivity index (χ4n) is 3.28. The highest BCUT2D eigenvalue weighted by Crippen LogP contribution is 2.33. The third-order valence-corrected chi connectivity index (χ3v) is 5.23. The summed E-state index contributed by atoms with van der Waals surface area (Å²) >= 11 is 6.31. The van der Waals surface area contributed by atoms with Crippen LogP contribution in [0.5, 0.6) is 0 Å². The van der Waals surface area contributed by atoms with Crippen molar-refractivity contribution < 1.29 is 24.1 Å². The highest BCUT2D eigenvalue weighted by Gasteiger charge is 2.24. The van der Waals surface area contributed by atoms with E-state index in [1.807, 2.05) is 30.3 Å². The van der Waals surface area contributed by atoms with E-state index in [0.29, 0.717) is 32.6 Å². The van der Waals surface area contributed by atoms with E-state index in [2.05, 4.69) is 16.7 Å². The molecule has 0 bridgehead atoms. The van der Waals surface area contributed by atoms with Crippen LogP contribution in [0.25, 0.3) is 10.8 Å². The summed E-state index contributed by atoms with van der Waals surface area (Å²) in [5, 5.41) is 17.4. The van der Waals surface area contributed by atoms with Crippen LogP contribution in [0.1, 0.15) is 24.3 Å². The molecule has 3 N–H and O–H groups in total. The van der Waals surface area contributed by atoms with Gasteiger partial charge in [0.1, 0.15) is 12.8 Å². The van der Waals surface area contributed by atoms with Crippen LogP contribution < -0.4 is 10.6 Å². The number of rotatable bonds is 8. The number of ether oxygens (including phenoxy) is 3. The predicted octanol–water partition coefficient (Wildman–Crippen LogP) is 2.99. The zero-order chi connectivity index (χ0) is 20.6. The smallest absolute Gasteiger partial charge is 0.407 e. The van der Waals surface area contributed by atoms with Crippen LogP contribution >= 0.6 is 11.6 Å². The number of fused-ring (bicyclic) bond motifs is 1. The zero-order valence-corrected chi connectivity index (χ0v) is 17.2.